The summed E-state index contributed by atoms with van der Waals surface area (Å²) in [6, 6.07) is 7.03. The minimum atomic E-state index is -3.37. The third-order valence-electron chi connectivity index (χ3n) is 2.78. The van der Waals surface area contributed by atoms with E-state index in [1.165, 1.54) is 8.61 Å². The number of hydrogen-bond donors (Lipinski definition) is 1. The van der Waals surface area contributed by atoms with Crippen LogP contribution in [0.3, 0.4) is 0 Å². The molecule has 0 bridgehead atoms. The molecule has 100 valence electrons. The normalized spacial score (nSPS) is 19.1. The smallest absolute Gasteiger partial charge is 0.303 e. The molecule has 1 heterocycles. The number of benzene rings is 1. The molecule has 1 aromatic rings. The van der Waals surface area contributed by atoms with E-state index < -0.39 is 10.2 Å². The lowest BCUT2D eigenvalue weighted by molar-refractivity contribution is 0.328. The number of anilines is 1. The van der Waals surface area contributed by atoms with Crippen molar-refractivity contribution in [3.8, 4) is 5.75 Å². The maximum atomic E-state index is 12.0. The molecule has 0 unspecified atom stereocenters. The van der Waals surface area contributed by atoms with Crippen LogP contribution in [-0.2, 0) is 10.2 Å². The van der Waals surface area contributed by atoms with Crippen molar-refractivity contribution >= 4 is 15.9 Å². The lowest BCUT2D eigenvalue weighted by Crippen LogP contribution is -2.30. The average molecular weight is 271 g/mol. The molecule has 0 atom stereocenters. The van der Waals surface area contributed by atoms with Gasteiger partial charge in [0.1, 0.15) is 12.4 Å². The van der Waals surface area contributed by atoms with Gasteiger partial charge in [0.25, 0.3) is 0 Å². The van der Waals surface area contributed by atoms with Crippen LogP contribution in [0.5, 0.6) is 5.75 Å². The first-order valence-corrected chi connectivity index (χ1v) is 7.12. The maximum Gasteiger partial charge on any atom is 0.303 e. The van der Waals surface area contributed by atoms with Crippen LogP contribution in [0.4, 0.5) is 5.69 Å². The number of nitrogens with two attached hydrogens (primary N) is 1. The average Bonchev–Trinajstić information content (AvgIpc) is 2.62. The lowest BCUT2D eigenvalue weighted by Gasteiger charge is -2.18. The van der Waals surface area contributed by atoms with Gasteiger partial charge in [-0.15, -0.1) is 0 Å². The van der Waals surface area contributed by atoms with Crippen LogP contribution in [0.2, 0.25) is 0 Å². The molecule has 2 rings (SSSR count). The summed E-state index contributed by atoms with van der Waals surface area (Å²) in [6.07, 6.45) is 0. The van der Waals surface area contributed by atoms with Crippen molar-refractivity contribution < 1.29 is 13.2 Å². The zero-order chi connectivity index (χ0) is 13.2. The van der Waals surface area contributed by atoms with Crippen LogP contribution in [0, 0.1) is 0 Å². The molecule has 0 spiro atoms. The van der Waals surface area contributed by atoms with Crippen molar-refractivity contribution in [2.75, 3.05) is 37.6 Å². The van der Waals surface area contributed by atoms with Gasteiger partial charge in [-0.1, -0.05) is 6.07 Å². The Morgan fingerprint density at radius 2 is 2.17 bits per heavy atom. The fourth-order valence-corrected chi connectivity index (χ4v) is 3.14. The zero-order valence-electron chi connectivity index (χ0n) is 10.2. The van der Waals surface area contributed by atoms with Gasteiger partial charge in [-0.2, -0.15) is 12.7 Å². The van der Waals surface area contributed by atoms with Gasteiger partial charge < -0.3 is 10.5 Å². The number of hydrogen-bond acceptors (Lipinski definition) is 4. The highest BCUT2D eigenvalue weighted by molar-refractivity contribution is 7.90. The lowest BCUT2D eigenvalue weighted by atomic mass is 10.3. The first-order valence-electron chi connectivity index (χ1n) is 5.72. The predicted molar refractivity (Wildman–Crippen MR) is 69.9 cm³/mol. The molecule has 1 aliphatic heterocycles. The molecule has 1 aliphatic rings. The van der Waals surface area contributed by atoms with Crippen LogP contribution < -0.4 is 14.8 Å². The third-order valence-corrected chi connectivity index (χ3v) is 4.70. The number of likely N-dealkylation sites (N-methyl/N-ethyl adjacent to an activating group) is 1. The fourth-order valence-electron chi connectivity index (χ4n) is 1.80. The van der Waals surface area contributed by atoms with Crippen molar-refractivity contribution in [2.24, 2.45) is 5.73 Å². The molecular weight excluding hydrogens is 254 g/mol. The molecule has 0 radical (unpaired) electrons. The van der Waals surface area contributed by atoms with Crippen molar-refractivity contribution in [3.05, 3.63) is 24.3 Å². The highest BCUT2D eigenvalue weighted by Crippen LogP contribution is 2.27. The summed E-state index contributed by atoms with van der Waals surface area (Å²) in [5.41, 5.74) is 5.98. The molecule has 0 saturated carbocycles. The van der Waals surface area contributed by atoms with E-state index in [0.717, 1.165) is 0 Å². The molecule has 1 fully saturated rings. The van der Waals surface area contributed by atoms with Gasteiger partial charge in [0.15, 0.2) is 0 Å². The summed E-state index contributed by atoms with van der Waals surface area (Å²) in [5.74, 6) is 0.628. The Kier molecular flexibility index (Phi) is 3.74. The van der Waals surface area contributed by atoms with Crippen molar-refractivity contribution in [2.45, 2.75) is 0 Å². The van der Waals surface area contributed by atoms with E-state index in [1.54, 1.807) is 31.3 Å². The van der Waals surface area contributed by atoms with E-state index in [0.29, 0.717) is 37.7 Å². The number of rotatable bonds is 4. The Balaban J connectivity index is 2.24. The van der Waals surface area contributed by atoms with E-state index in [4.69, 9.17) is 10.5 Å². The summed E-state index contributed by atoms with van der Waals surface area (Å²) in [4.78, 5) is 0. The Morgan fingerprint density at radius 1 is 1.39 bits per heavy atom. The summed E-state index contributed by atoms with van der Waals surface area (Å²) in [6.45, 7) is 1.79. The SMILES string of the molecule is CN1CCN(c2cccc(OCCN)c2)S1(=O)=O. The van der Waals surface area contributed by atoms with E-state index in [-0.39, 0.29) is 0 Å². The highest BCUT2D eigenvalue weighted by atomic mass is 32.2. The molecule has 18 heavy (non-hydrogen) atoms. The van der Waals surface area contributed by atoms with Gasteiger partial charge in [0.05, 0.1) is 5.69 Å². The van der Waals surface area contributed by atoms with Crippen LogP contribution in [-0.4, -0.2) is 46.0 Å². The Hall–Kier alpha value is -1.31. The largest absolute Gasteiger partial charge is 0.492 e. The Labute approximate surface area is 107 Å². The second kappa shape index (κ2) is 5.13. The minimum Gasteiger partial charge on any atom is -0.492 e. The van der Waals surface area contributed by atoms with Gasteiger partial charge in [0, 0.05) is 32.7 Å². The second-order valence-electron chi connectivity index (χ2n) is 4.04. The fraction of sp³-hybridized carbons (Fsp3) is 0.455. The van der Waals surface area contributed by atoms with Gasteiger partial charge in [0.2, 0.25) is 0 Å². The Bertz CT molecular complexity index is 518. The minimum absolute atomic E-state index is 0.413. The molecule has 0 aliphatic carbocycles. The number of nitrogens with zero attached hydrogens (tertiary/aromatic N) is 2. The molecule has 0 aromatic heterocycles. The summed E-state index contributed by atoms with van der Waals surface area (Å²) in [7, 11) is -1.80. The molecule has 0 amide bonds. The topological polar surface area (TPSA) is 75.9 Å². The molecule has 2 N–H and O–H groups in total. The van der Waals surface area contributed by atoms with Crippen LogP contribution in [0.1, 0.15) is 0 Å². The van der Waals surface area contributed by atoms with Gasteiger partial charge in [-0.3, -0.25) is 4.31 Å². The van der Waals surface area contributed by atoms with Crippen molar-refractivity contribution in [1.29, 1.82) is 0 Å². The van der Waals surface area contributed by atoms with E-state index >= 15 is 0 Å². The van der Waals surface area contributed by atoms with Gasteiger partial charge in [-0.25, -0.2) is 0 Å². The predicted octanol–water partition coefficient (Wildman–Crippen LogP) is 0.0207. The molecule has 1 saturated heterocycles. The van der Waals surface area contributed by atoms with E-state index in [9.17, 15) is 8.42 Å². The standard InChI is InChI=1S/C11H17N3O3S/c1-13-6-7-14(18(13,15)16)10-3-2-4-11(9-10)17-8-5-12/h2-4,9H,5-8,12H2,1H3. The van der Waals surface area contributed by atoms with Crippen LogP contribution >= 0.6 is 0 Å². The molecular formula is C11H17N3O3S. The van der Waals surface area contributed by atoms with Gasteiger partial charge >= 0.3 is 10.2 Å². The summed E-state index contributed by atoms with van der Waals surface area (Å²) in [5, 5.41) is 0. The second-order valence-corrected chi connectivity index (χ2v) is 6.00. The first-order chi connectivity index (χ1) is 8.55. The molecule has 1 aromatic carbocycles. The summed E-state index contributed by atoms with van der Waals surface area (Å²) < 4.78 is 32.1. The quantitative estimate of drug-likeness (QED) is 0.837. The third kappa shape index (κ3) is 2.43. The van der Waals surface area contributed by atoms with E-state index in [1.807, 2.05) is 0 Å². The van der Waals surface area contributed by atoms with Gasteiger partial charge in [-0.05, 0) is 12.1 Å². The van der Waals surface area contributed by atoms with Crippen LogP contribution in [0.15, 0.2) is 24.3 Å². The first kappa shape index (κ1) is 13.1. The molecule has 6 nitrogen and oxygen atoms in total. The monoisotopic (exact) mass is 271 g/mol. The highest BCUT2D eigenvalue weighted by Gasteiger charge is 2.33. The Morgan fingerprint density at radius 3 is 2.78 bits per heavy atom. The zero-order valence-corrected chi connectivity index (χ0v) is 11.1. The summed E-state index contributed by atoms with van der Waals surface area (Å²) >= 11 is 0. The van der Waals surface area contributed by atoms with Crippen molar-refractivity contribution in [1.82, 2.24) is 4.31 Å². The van der Waals surface area contributed by atoms with Crippen LogP contribution in [0.25, 0.3) is 0 Å². The molecule has 7 heteroatoms. The number of ether oxygens (including phenoxy) is 1. The van der Waals surface area contributed by atoms with Crippen molar-refractivity contribution in [3.63, 3.8) is 0 Å². The van der Waals surface area contributed by atoms with E-state index in [2.05, 4.69) is 0 Å². The maximum absolute atomic E-state index is 12.0.